The summed E-state index contributed by atoms with van der Waals surface area (Å²) in [6.45, 7) is 5.23. The van der Waals surface area contributed by atoms with Crippen LogP contribution in [0.4, 0.5) is 0 Å². The fourth-order valence-electron chi connectivity index (χ4n) is 1.71. The average molecular weight is 186 g/mol. The second kappa shape index (κ2) is 4.94. The lowest BCUT2D eigenvalue weighted by Gasteiger charge is -2.37. The summed E-state index contributed by atoms with van der Waals surface area (Å²) in [4.78, 5) is 0. The van der Waals surface area contributed by atoms with E-state index in [1.165, 1.54) is 0 Å². The molecular weight excluding hydrogens is 164 g/mol. The molecule has 1 aliphatic carbocycles. The van der Waals surface area contributed by atoms with E-state index in [0.29, 0.717) is 24.0 Å². The molecule has 3 N–H and O–H groups in total. The van der Waals surface area contributed by atoms with Crippen molar-refractivity contribution in [2.45, 2.75) is 44.8 Å². The highest BCUT2D eigenvalue weighted by Gasteiger charge is 2.28. The Kier molecular flexibility index (Phi) is 4.16. The monoisotopic (exact) mass is 186 g/mol. The number of methoxy groups -OCH3 is 1. The summed E-state index contributed by atoms with van der Waals surface area (Å²) in [7, 11) is 1.75. The van der Waals surface area contributed by atoms with E-state index in [1.807, 2.05) is 0 Å². The summed E-state index contributed by atoms with van der Waals surface area (Å²) >= 11 is 0. The molecule has 0 saturated heterocycles. The van der Waals surface area contributed by atoms with Gasteiger partial charge in [0.25, 0.3) is 0 Å². The molecule has 1 unspecified atom stereocenters. The maximum atomic E-state index is 5.72. The van der Waals surface area contributed by atoms with E-state index in [4.69, 9.17) is 10.5 Å². The third-order valence-corrected chi connectivity index (χ3v) is 2.78. The van der Waals surface area contributed by atoms with Crippen molar-refractivity contribution >= 4 is 0 Å². The van der Waals surface area contributed by atoms with E-state index in [0.717, 1.165) is 19.4 Å². The Morgan fingerprint density at radius 1 is 1.46 bits per heavy atom. The zero-order valence-electron chi connectivity index (χ0n) is 8.92. The van der Waals surface area contributed by atoms with Crippen LogP contribution in [0.3, 0.4) is 0 Å². The minimum atomic E-state index is 0.424. The average Bonchev–Trinajstić information content (AvgIpc) is 2.00. The van der Waals surface area contributed by atoms with E-state index in [-0.39, 0.29) is 0 Å². The molecule has 0 amide bonds. The van der Waals surface area contributed by atoms with Crippen molar-refractivity contribution < 1.29 is 4.74 Å². The fourth-order valence-corrected chi connectivity index (χ4v) is 1.71. The molecule has 0 aromatic carbocycles. The molecule has 1 saturated carbocycles. The van der Waals surface area contributed by atoms with Crippen molar-refractivity contribution in [2.75, 3.05) is 13.7 Å². The van der Waals surface area contributed by atoms with Crippen LogP contribution in [0.25, 0.3) is 0 Å². The van der Waals surface area contributed by atoms with Crippen molar-refractivity contribution in [3.63, 3.8) is 0 Å². The highest BCUT2D eigenvalue weighted by molar-refractivity contribution is 4.90. The molecule has 1 rings (SSSR count). The Morgan fingerprint density at radius 3 is 2.46 bits per heavy atom. The van der Waals surface area contributed by atoms with Crippen LogP contribution in [-0.2, 0) is 4.74 Å². The molecule has 0 aromatic rings. The van der Waals surface area contributed by atoms with Crippen molar-refractivity contribution in [2.24, 2.45) is 11.7 Å². The second-order valence-electron chi connectivity index (χ2n) is 4.40. The molecule has 0 aliphatic heterocycles. The largest absolute Gasteiger partial charge is 0.383 e. The molecule has 3 nitrogen and oxygen atoms in total. The summed E-state index contributed by atoms with van der Waals surface area (Å²) in [6, 6.07) is 1.52. The van der Waals surface area contributed by atoms with Crippen molar-refractivity contribution in [1.82, 2.24) is 5.32 Å². The van der Waals surface area contributed by atoms with Crippen LogP contribution in [0.15, 0.2) is 0 Å². The van der Waals surface area contributed by atoms with Gasteiger partial charge in [-0.3, -0.25) is 0 Å². The quantitative estimate of drug-likeness (QED) is 0.665. The van der Waals surface area contributed by atoms with Crippen LogP contribution in [-0.4, -0.2) is 31.8 Å². The number of rotatable bonds is 5. The zero-order chi connectivity index (χ0) is 9.84. The van der Waals surface area contributed by atoms with Crippen LogP contribution >= 0.6 is 0 Å². The van der Waals surface area contributed by atoms with Crippen molar-refractivity contribution in [1.29, 1.82) is 0 Å². The zero-order valence-corrected chi connectivity index (χ0v) is 8.92. The second-order valence-corrected chi connectivity index (χ2v) is 4.40. The van der Waals surface area contributed by atoms with Gasteiger partial charge in [0.1, 0.15) is 0 Å². The summed E-state index contributed by atoms with van der Waals surface area (Å²) in [6.07, 6.45) is 2.24. The molecule has 0 heterocycles. The number of hydrogen-bond acceptors (Lipinski definition) is 3. The molecule has 0 spiro atoms. The first-order chi connectivity index (χ1) is 6.13. The number of nitrogens with one attached hydrogen (secondary N) is 1. The molecule has 1 aliphatic rings. The molecule has 1 atom stereocenters. The maximum absolute atomic E-state index is 5.72. The Balaban J connectivity index is 2.22. The predicted octanol–water partition coefficient (Wildman–Crippen LogP) is 0.737. The Hall–Kier alpha value is -0.120. The van der Waals surface area contributed by atoms with Gasteiger partial charge >= 0.3 is 0 Å². The van der Waals surface area contributed by atoms with Gasteiger partial charge in [-0.25, -0.2) is 0 Å². The van der Waals surface area contributed by atoms with Crippen LogP contribution < -0.4 is 11.1 Å². The fraction of sp³-hybridized carbons (Fsp3) is 1.00. The minimum absolute atomic E-state index is 0.424. The normalized spacial score (nSPS) is 30.2. The van der Waals surface area contributed by atoms with E-state index in [9.17, 15) is 0 Å². The van der Waals surface area contributed by atoms with Gasteiger partial charge in [-0.2, -0.15) is 0 Å². The molecule has 13 heavy (non-hydrogen) atoms. The van der Waals surface area contributed by atoms with E-state index in [2.05, 4.69) is 19.2 Å². The lowest BCUT2D eigenvalue weighted by molar-refractivity contribution is 0.126. The van der Waals surface area contributed by atoms with Crippen molar-refractivity contribution in [3.05, 3.63) is 0 Å². The van der Waals surface area contributed by atoms with Crippen LogP contribution in [0, 0.1) is 5.92 Å². The molecule has 78 valence electrons. The van der Waals surface area contributed by atoms with Gasteiger partial charge in [0.2, 0.25) is 0 Å². The van der Waals surface area contributed by atoms with Gasteiger partial charge in [0.05, 0.1) is 6.61 Å². The van der Waals surface area contributed by atoms with Crippen LogP contribution in [0.5, 0.6) is 0 Å². The topological polar surface area (TPSA) is 47.3 Å². The van der Waals surface area contributed by atoms with E-state index < -0.39 is 0 Å². The van der Waals surface area contributed by atoms with Crippen LogP contribution in [0.1, 0.15) is 26.7 Å². The Bertz CT molecular complexity index is 144. The first-order valence-corrected chi connectivity index (χ1v) is 5.14. The summed E-state index contributed by atoms with van der Waals surface area (Å²) in [5, 5.41) is 3.58. The predicted molar refractivity (Wildman–Crippen MR) is 54.6 cm³/mol. The first-order valence-electron chi connectivity index (χ1n) is 5.14. The highest BCUT2D eigenvalue weighted by atomic mass is 16.5. The molecule has 3 heteroatoms. The Labute approximate surface area is 81.0 Å². The minimum Gasteiger partial charge on any atom is -0.383 e. The van der Waals surface area contributed by atoms with Crippen molar-refractivity contribution in [3.8, 4) is 0 Å². The van der Waals surface area contributed by atoms with E-state index in [1.54, 1.807) is 7.11 Å². The maximum Gasteiger partial charge on any atom is 0.0618 e. The molecular formula is C10H22N2O. The van der Waals surface area contributed by atoms with Gasteiger partial charge in [-0.1, -0.05) is 13.8 Å². The smallest absolute Gasteiger partial charge is 0.0618 e. The molecule has 0 radical (unpaired) electrons. The molecule has 1 fully saturated rings. The summed E-state index contributed by atoms with van der Waals surface area (Å²) < 4.78 is 5.17. The van der Waals surface area contributed by atoms with E-state index >= 15 is 0 Å². The Morgan fingerprint density at radius 2 is 2.08 bits per heavy atom. The summed E-state index contributed by atoms with van der Waals surface area (Å²) in [5.74, 6) is 0.622. The van der Waals surface area contributed by atoms with Gasteiger partial charge in [0, 0.05) is 25.2 Å². The van der Waals surface area contributed by atoms with Crippen LogP contribution in [0.2, 0.25) is 0 Å². The third-order valence-electron chi connectivity index (χ3n) is 2.78. The number of ether oxygens (including phenoxy) is 1. The SMILES string of the molecule is COCC(NC1CC(N)C1)C(C)C. The van der Waals surface area contributed by atoms with Gasteiger partial charge in [0.15, 0.2) is 0 Å². The lowest BCUT2D eigenvalue weighted by atomic mass is 9.86. The van der Waals surface area contributed by atoms with Gasteiger partial charge in [-0.15, -0.1) is 0 Å². The number of nitrogens with two attached hydrogens (primary N) is 1. The van der Waals surface area contributed by atoms with Gasteiger partial charge in [-0.05, 0) is 18.8 Å². The molecule has 0 aromatic heterocycles. The third kappa shape index (κ3) is 3.25. The van der Waals surface area contributed by atoms with Gasteiger partial charge < -0.3 is 15.8 Å². The standard InChI is InChI=1S/C10H22N2O/c1-7(2)10(6-13-3)12-9-4-8(11)5-9/h7-10,12H,4-6,11H2,1-3H3. The molecule has 0 bridgehead atoms. The first kappa shape index (κ1) is 11.0. The summed E-state index contributed by atoms with van der Waals surface area (Å²) in [5.41, 5.74) is 5.72. The number of hydrogen-bond donors (Lipinski definition) is 2. The lowest BCUT2D eigenvalue weighted by Crippen LogP contribution is -2.54. The highest BCUT2D eigenvalue weighted by Crippen LogP contribution is 2.19.